The summed E-state index contributed by atoms with van der Waals surface area (Å²) in [5, 5.41) is 12.7. The van der Waals surface area contributed by atoms with E-state index in [2.05, 4.69) is 5.32 Å². The Morgan fingerprint density at radius 3 is 2.55 bits per heavy atom. The zero-order valence-electron chi connectivity index (χ0n) is 10.4. The fourth-order valence-corrected chi connectivity index (χ4v) is 1.60. The van der Waals surface area contributed by atoms with Crippen molar-refractivity contribution in [3.63, 3.8) is 0 Å². The quantitative estimate of drug-likeness (QED) is 0.753. The maximum absolute atomic E-state index is 11.9. The highest BCUT2D eigenvalue weighted by Gasteiger charge is 2.26. The van der Waals surface area contributed by atoms with Crippen molar-refractivity contribution in [1.82, 2.24) is 5.32 Å². The highest BCUT2D eigenvalue weighted by atomic mass is 35.5. The number of aliphatic hydroxyl groups excluding tert-OH is 1. The van der Waals surface area contributed by atoms with Gasteiger partial charge in [-0.05, 0) is 12.1 Å². The first-order chi connectivity index (χ1) is 9.28. The van der Waals surface area contributed by atoms with E-state index in [1.54, 1.807) is 12.1 Å². The molecule has 0 amide bonds. The standard InChI is InChI=1S/C12H14Cl2F3NO2/c13-10-2-1-9(5-11(10)14)20-7-8(19)6-18-4-3-12(15,16)17/h1-2,5,8,18-19H,3-4,6-7H2. The smallest absolute Gasteiger partial charge is 0.390 e. The van der Waals surface area contributed by atoms with Gasteiger partial charge in [0, 0.05) is 19.2 Å². The summed E-state index contributed by atoms with van der Waals surface area (Å²) < 4.78 is 40.9. The lowest BCUT2D eigenvalue weighted by atomic mass is 10.3. The first-order valence-corrected chi connectivity index (χ1v) is 6.57. The van der Waals surface area contributed by atoms with Crippen LogP contribution in [0.2, 0.25) is 10.0 Å². The van der Waals surface area contributed by atoms with Crippen molar-refractivity contribution >= 4 is 23.2 Å². The molecule has 1 atom stereocenters. The summed E-state index contributed by atoms with van der Waals surface area (Å²) in [5.41, 5.74) is 0. The number of nitrogens with one attached hydrogen (secondary N) is 1. The summed E-state index contributed by atoms with van der Waals surface area (Å²) >= 11 is 11.5. The van der Waals surface area contributed by atoms with Crippen molar-refractivity contribution in [1.29, 1.82) is 0 Å². The van der Waals surface area contributed by atoms with Gasteiger partial charge in [-0.3, -0.25) is 0 Å². The molecule has 1 aromatic rings. The van der Waals surface area contributed by atoms with Crippen molar-refractivity contribution < 1.29 is 23.0 Å². The van der Waals surface area contributed by atoms with E-state index < -0.39 is 18.7 Å². The predicted octanol–water partition coefficient (Wildman–Crippen LogP) is 3.28. The first-order valence-electron chi connectivity index (χ1n) is 5.81. The van der Waals surface area contributed by atoms with Crippen LogP contribution in [0.25, 0.3) is 0 Å². The van der Waals surface area contributed by atoms with Gasteiger partial charge >= 0.3 is 6.18 Å². The number of rotatable bonds is 7. The second kappa shape index (κ2) is 7.93. The number of ether oxygens (including phenoxy) is 1. The molecule has 1 rings (SSSR count). The summed E-state index contributed by atoms with van der Waals surface area (Å²) in [5.74, 6) is 0.425. The molecule has 1 unspecified atom stereocenters. The van der Waals surface area contributed by atoms with Gasteiger partial charge in [-0.15, -0.1) is 0 Å². The maximum Gasteiger partial charge on any atom is 0.390 e. The van der Waals surface area contributed by atoms with E-state index in [0.29, 0.717) is 15.8 Å². The molecule has 0 fully saturated rings. The Kier molecular flexibility index (Phi) is 6.88. The fraction of sp³-hybridized carbons (Fsp3) is 0.500. The van der Waals surface area contributed by atoms with Crippen LogP contribution in [0.3, 0.4) is 0 Å². The third kappa shape index (κ3) is 7.19. The summed E-state index contributed by atoms with van der Waals surface area (Å²) in [6, 6.07) is 4.62. The summed E-state index contributed by atoms with van der Waals surface area (Å²) in [6.07, 6.45) is -6.06. The van der Waals surface area contributed by atoms with Crippen LogP contribution >= 0.6 is 23.2 Å². The first kappa shape index (κ1) is 17.4. The molecule has 0 aliphatic rings. The van der Waals surface area contributed by atoms with E-state index in [1.165, 1.54) is 6.07 Å². The second-order valence-corrected chi connectivity index (χ2v) is 4.92. The maximum atomic E-state index is 11.9. The lowest BCUT2D eigenvalue weighted by Gasteiger charge is -2.14. The molecule has 0 aliphatic carbocycles. The van der Waals surface area contributed by atoms with Crippen LogP contribution in [0.15, 0.2) is 18.2 Å². The minimum Gasteiger partial charge on any atom is -0.491 e. The average molecular weight is 332 g/mol. The van der Waals surface area contributed by atoms with Crippen molar-refractivity contribution in [2.75, 3.05) is 19.7 Å². The summed E-state index contributed by atoms with van der Waals surface area (Å²) in [7, 11) is 0. The summed E-state index contributed by atoms with van der Waals surface area (Å²) in [4.78, 5) is 0. The van der Waals surface area contributed by atoms with Gasteiger partial charge in [0.1, 0.15) is 18.5 Å². The molecular weight excluding hydrogens is 318 g/mol. The highest BCUT2D eigenvalue weighted by molar-refractivity contribution is 6.42. The van der Waals surface area contributed by atoms with Gasteiger partial charge in [-0.25, -0.2) is 0 Å². The van der Waals surface area contributed by atoms with Gasteiger partial charge in [0.05, 0.1) is 16.5 Å². The molecule has 2 N–H and O–H groups in total. The van der Waals surface area contributed by atoms with Crippen LogP contribution in [-0.4, -0.2) is 37.1 Å². The van der Waals surface area contributed by atoms with E-state index in [0.717, 1.165) is 0 Å². The minimum absolute atomic E-state index is 0.0113. The van der Waals surface area contributed by atoms with Gasteiger partial charge in [0.2, 0.25) is 0 Å². The minimum atomic E-state index is -4.20. The summed E-state index contributed by atoms with van der Waals surface area (Å²) in [6.45, 7) is -0.290. The Bertz CT molecular complexity index is 430. The van der Waals surface area contributed by atoms with Crippen LogP contribution in [-0.2, 0) is 0 Å². The number of aliphatic hydroxyl groups is 1. The molecule has 0 saturated heterocycles. The SMILES string of the molecule is OC(CNCCC(F)(F)F)COc1ccc(Cl)c(Cl)c1. The average Bonchev–Trinajstić information content (AvgIpc) is 2.35. The highest BCUT2D eigenvalue weighted by Crippen LogP contribution is 2.26. The third-order valence-corrected chi connectivity index (χ3v) is 3.04. The van der Waals surface area contributed by atoms with Crippen LogP contribution in [0.1, 0.15) is 6.42 Å². The molecule has 0 bridgehead atoms. The van der Waals surface area contributed by atoms with Crippen molar-refractivity contribution in [2.24, 2.45) is 0 Å². The number of benzene rings is 1. The molecule has 0 saturated carbocycles. The zero-order valence-corrected chi connectivity index (χ0v) is 11.9. The lowest BCUT2D eigenvalue weighted by Crippen LogP contribution is -2.33. The molecule has 1 aromatic carbocycles. The molecule has 0 heterocycles. The van der Waals surface area contributed by atoms with Gasteiger partial charge in [0.15, 0.2) is 0 Å². The van der Waals surface area contributed by atoms with Gasteiger partial charge in [0.25, 0.3) is 0 Å². The van der Waals surface area contributed by atoms with Crippen molar-refractivity contribution in [3.8, 4) is 5.75 Å². The van der Waals surface area contributed by atoms with Crippen LogP contribution in [0.5, 0.6) is 5.75 Å². The van der Waals surface area contributed by atoms with E-state index in [4.69, 9.17) is 27.9 Å². The number of halogens is 5. The van der Waals surface area contributed by atoms with Gasteiger partial charge in [-0.2, -0.15) is 13.2 Å². The molecule has 8 heteroatoms. The predicted molar refractivity (Wildman–Crippen MR) is 71.5 cm³/mol. The Morgan fingerprint density at radius 2 is 1.95 bits per heavy atom. The Labute approximate surface area is 124 Å². The third-order valence-electron chi connectivity index (χ3n) is 2.30. The normalized spacial score (nSPS) is 13.3. The van der Waals surface area contributed by atoms with E-state index >= 15 is 0 Å². The van der Waals surface area contributed by atoms with Crippen molar-refractivity contribution in [3.05, 3.63) is 28.2 Å². The molecular formula is C12H14Cl2F3NO2. The topological polar surface area (TPSA) is 41.5 Å². The monoisotopic (exact) mass is 331 g/mol. The van der Waals surface area contributed by atoms with Crippen LogP contribution < -0.4 is 10.1 Å². The Morgan fingerprint density at radius 1 is 1.25 bits per heavy atom. The van der Waals surface area contributed by atoms with Gasteiger partial charge in [-0.1, -0.05) is 23.2 Å². The number of hydrogen-bond acceptors (Lipinski definition) is 3. The Hall–Kier alpha value is -0.690. The largest absolute Gasteiger partial charge is 0.491 e. The molecule has 0 radical (unpaired) electrons. The number of alkyl halides is 3. The molecule has 0 spiro atoms. The molecule has 0 aliphatic heterocycles. The molecule has 20 heavy (non-hydrogen) atoms. The Balaban J connectivity index is 2.22. The van der Waals surface area contributed by atoms with Crippen LogP contribution in [0.4, 0.5) is 13.2 Å². The second-order valence-electron chi connectivity index (χ2n) is 4.11. The molecule has 3 nitrogen and oxygen atoms in total. The fourth-order valence-electron chi connectivity index (χ4n) is 1.32. The van der Waals surface area contributed by atoms with Gasteiger partial charge < -0.3 is 15.2 Å². The number of hydrogen-bond donors (Lipinski definition) is 2. The molecule has 0 aromatic heterocycles. The van der Waals surface area contributed by atoms with E-state index in [-0.39, 0.29) is 19.7 Å². The van der Waals surface area contributed by atoms with Crippen molar-refractivity contribution in [2.45, 2.75) is 18.7 Å². The van der Waals surface area contributed by atoms with E-state index in [1.807, 2.05) is 0 Å². The zero-order chi connectivity index (χ0) is 15.2. The molecule has 114 valence electrons. The lowest BCUT2D eigenvalue weighted by molar-refractivity contribution is -0.133. The van der Waals surface area contributed by atoms with Crippen LogP contribution in [0, 0.1) is 0 Å². The van der Waals surface area contributed by atoms with E-state index in [9.17, 15) is 18.3 Å².